The van der Waals surface area contributed by atoms with Gasteiger partial charge in [-0.3, -0.25) is 9.59 Å². The van der Waals surface area contributed by atoms with Crippen molar-refractivity contribution in [2.45, 2.75) is 20.0 Å². The number of anilines is 2. The zero-order valence-corrected chi connectivity index (χ0v) is 15.3. The average Bonchev–Trinajstić information content (AvgIpc) is 2.57. The van der Waals surface area contributed by atoms with Crippen LogP contribution in [0.4, 0.5) is 11.4 Å². The summed E-state index contributed by atoms with van der Waals surface area (Å²) in [6.45, 7) is 2.85. The number of Topliss-reactive ketones (excluding diaryl/α,β-unsaturated/α-hetero) is 1. The number of para-hydroxylation sites is 1. The van der Waals surface area contributed by atoms with Gasteiger partial charge >= 0.3 is 5.97 Å². The topological polar surface area (TPSA) is 98.5 Å². The molecule has 130 valence electrons. The minimum Gasteiger partial charge on any atom is -0.449 e. The minimum atomic E-state index is -1.06. The summed E-state index contributed by atoms with van der Waals surface area (Å²) in [5, 5.41) is 2.60. The van der Waals surface area contributed by atoms with Crippen LogP contribution in [0.3, 0.4) is 0 Å². The van der Waals surface area contributed by atoms with E-state index < -0.39 is 18.0 Å². The lowest BCUT2D eigenvalue weighted by Crippen LogP contribution is -2.30. The second-order valence-electron chi connectivity index (χ2n) is 5.37. The molecule has 0 fully saturated rings. The van der Waals surface area contributed by atoms with Crippen LogP contribution in [0.2, 0.25) is 0 Å². The third kappa shape index (κ3) is 4.67. The number of benzene rings is 2. The molecule has 6 nitrogen and oxygen atoms in total. The molecule has 0 saturated carbocycles. The van der Waals surface area contributed by atoms with Crippen molar-refractivity contribution in [1.29, 1.82) is 0 Å². The van der Waals surface area contributed by atoms with Gasteiger partial charge in [0.1, 0.15) is 0 Å². The highest BCUT2D eigenvalue weighted by molar-refractivity contribution is 9.10. The van der Waals surface area contributed by atoms with E-state index in [-0.39, 0.29) is 17.0 Å². The van der Waals surface area contributed by atoms with E-state index in [1.54, 1.807) is 36.4 Å². The van der Waals surface area contributed by atoms with E-state index >= 15 is 0 Å². The Morgan fingerprint density at radius 3 is 2.48 bits per heavy atom. The Morgan fingerprint density at radius 2 is 1.80 bits per heavy atom. The first-order chi connectivity index (χ1) is 11.8. The lowest BCUT2D eigenvalue weighted by molar-refractivity contribution is -0.123. The Labute approximate surface area is 153 Å². The fraction of sp³-hybridized carbons (Fsp3) is 0.167. The van der Waals surface area contributed by atoms with Crippen molar-refractivity contribution in [3.05, 3.63) is 58.1 Å². The van der Waals surface area contributed by atoms with E-state index in [1.165, 1.54) is 19.9 Å². The van der Waals surface area contributed by atoms with Crippen LogP contribution >= 0.6 is 15.9 Å². The van der Waals surface area contributed by atoms with Crippen LogP contribution in [0, 0.1) is 0 Å². The minimum absolute atomic E-state index is 0.165. The summed E-state index contributed by atoms with van der Waals surface area (Å²) in [4.78, 5) is 36.1. The van der Waals surface area contributed by atoms with Gasteiger partial charge in [0, 0.05) is 15.7 Å². The van der Waals surface area contributed by atoms with Gasteiger partial charge in [0.2, 0.25) is 0 Å². The summed E-state index contributed by atoms with van der Waals surface area (Å²) >= 11 is 3.25. The lowest BCUT2D eigenvalue weighted by atomic mass is 10.1. The number of ether oxygens (including phenoxy) is 1. The number of nitrogens with two attached hydrogens (primary N) is 1. The average molecular weight is 405 g/mol. The van der Waals surface area contributed by atoms with Crippen molar-refractivity contribution >= 4 is 45.0 Å². The molecule has 1 amide bonds. The summed E-state index contributed by atoms with van der Waals surface area (Å²) in [5.41, 5.74) is 6.92. The van der Waals surface area contributed by atoms with Crippen LogP contribution in [0.5, 0.6) is 0 Å². The van der Waals surface area contributed by atoms with Gasteiger partial charge in [-0.25, -0.2) is 4.79 Å². The highest BCUT2D eigenvalue weighted by Gasteiger charge is 2.21. The Balaban J connectivity index is 2.09. The Bertz CT molecular complexity index is 836. The molecule has 2 aromatic rings. The van der Waals surface area contributed by atoms with Gasteiger partial charge in [-0.1, -0.05) is 28.1 Å². The molecule has 0 aliphatic rings. The number of hydrogen-bond acceptors (Lipinski definition) is 5. The lowest BCUT2D eigenvalue weighted by Gasteiger charge is -2.15. The molecular formula is C18H17BrN2O4. The van der Waals surface area contributed by atoms with Crippen LogP contribution in [-0.2, 0) is 9.53 Å². The summed E-state index contributed by atoms with van der Waals surface area (Å²) in [6, 6.07) is 11.4. The van der Waals surface area contributed by atoms with Crippen molar-refractivity contribution in [2.75, 3.05) is 11.1 Å². The number of ketones is 1. The number of carbonyl (C=O) groups is 3. The normalized spacial score (nSPS) is 11.5. The van der Waals surface area contributed by atoms with Gasteiger partial charge in [0.05, 0.1) is 11.3 Å². The number of halogens is 1. The molecule has 0 heterocycles. The molecule has 0 aromatic heterocycles. The van der Waals surface area contributed by atoms with Gasteiger partial charge in [-0.2, -0.15) is 0 Å². The highest BCUT2D eigenvalue weighted by atomic mass is 79.9. The largest absolute Gasteiger partial charge is 0.449 e. The summed E-state index contributed by atoms with van der Waals surface area (Å²) in [6.07, 6.45) is -1.06. The number of rotatable bonds is 5. The van der Waals surface area contributed by atoms with Crippen LogP contribution < -0.4 is 11.1 Å². The van der Waals surface area contributed by atoms with E-state index in [0.29, 0.717) is 15.7 Å². The molecule has 0 aliphatic carbocycles. The standard InChI is InChI=1S/C18H17BrN2O4/c1-10(22)13-5-3-4-6-16(13)21-17(23)11(2)25-18(24)14-9-12(19)7-8-15(14)20/h3-9,11H,20H2,1-2H3,(H,21,23)/t11-/m0/s1. The van der Waals surface area contributed by atoms with Crippen molar-refractivity contribution in [3.63, 3.8) is 0 Å². The van der Waals surface area contributed by atoms with E-state index in [4.69, 9.17) is 10.5 Å². The maximum Gasteiger partial charge on any atom is 0.341 e. The quantitative estimate of drug-likeness (QED) is 0.451. The van der Waals surface area contributed by atoms with Gasteiger partial charge < -0.3 is 15.8 Å². The zero-order chi connectivity index (χ0) is 18.6. The van der Waals surface area contributed by atoms with E-state index in [9.17, 15) is 14.4 Å². The van der Waals surface area contributed by atoms with Crippen LogP contribution in [-0.4, -0.2) is 23.8 Å². The number of esters is 1. The molecule has 1 atom stereocenters. The fourth-order valence-electron chi connectivity index (χ4n) is 2.12. The predicted molar refractivity (Wildman–Crippen MR) is 98.5 cm³/mol. The molecule has 0 saturated heterocycles. The Kier molecular flexibility index (Phi) is 5.93. The first kappa shape index (κ1) is 18.7. The first-order valence-corrected chi connectivity index (χ1v) is 8.25. The summed E-state index contributed by atoms with van der Waals surface area (Å²) < 4.78 is 5.84. The number of amides is 1. The van der Waals surface area contributed by atoms with E-state index in [2.05, 4.69) is 21.2 Å². The smallest absolute Gasteiger partial charge is 0.341 e. The molecule has 2 rings (SSSR count). The number of nitrogens with one attached hydrogen (secondary N) is 1. The maximum absolute atomic E-state index is 12.3. The summed E-state index contributed by atoms with van der Waals surface area (Å²) in [7, 11) is 0. The second-order valence-corrected chi connectivity index (χ2v) is 6.29. The zero-order valence-electron chi connectivity index (χ0n) is 13.7. The van der Waals surface area contributed by atoms with Crippen LogP contribution in [0.15, 0.2) is 46.9 Å². The molecule has 0 aliphatic heterocycles. The molecule has 3 N–H and O–H groups in total. The highest BCUT2D eigenvalue weighted by Crippen LogP contribution is 2.20. The predicted octanol–water partition coefficient (Wildman–Crippen LogP) is 3.42. The van der Waals surface area contributed by atoms with Crippen molar-refractivity contribution in [2.24, 2.45) is 0 Å². The summed E-state index contributed by atoms with van der Waals surface area (Å²) in [5.74, 6) is -1.43. The SMILES string of the molecule is CC(=O)c1ccccc1NC(=O)[C@H](C)OC(=O)c1cc(Br)ccc1N. The second kappa shape index (κ2) is 7.94. The van der Waals surface area contributed by atoms with Gasteiger partial charge in [0.15, 0.2) is 11.9 Å². The monoisotopic (exact) mass is 404 g/mol. The van der Waals surface area contributed by atoms with Crippen molar-refractivity contribution < 1.29 is 19.1 Å². The van der Waals surface area contributed by atoms with E-state index in [1.807, 2.05) is 0 Å². The number of hydrogen-bond donors (Lipinski definition) is 2. The molecule has 25 heavy (non-hydrogen) atoms. The molecular weight excluding hydrogens is 388 g/mol. The Morgan fingerprint density at radius 1 is 1.12 bits per heavy atom. The van der Waals surface area contributed by atoms with Crippen LogP contribution in [0.25, 0.3) is 0 Å². The van der Waals surface area contributed by atoms with Gasteiger partial charge in [-0.15, -0.1) is 0 Å². The third-order valence-electron chi connectivity index (χ3n) is 3.45. The molecule has 7 heteroatoms. The van der Waals surface area contributed by atoms with Crippen LogP contribution in [0.1, 0.15) is 34.6 Å². The van der Waals surface area contributed by atoms with Crippen molar-refractivity contribution in [1.82, 2.24) is 0 Å². The molecule has 0 radical (unpaired) electrons. The molecule has 2 aromatic carbocycles. The van der Waals surface area contributed by atoms with Crippen molar-refractivity contribution in [3.8, 4) is 0 Å². The molecule has 0 bridgehead atoms. The first-order valence-electron chi connectivity index (χ1n) is 7.46. The Hall–Kier alpha value is -2.67. The van der Waals surface area contributed by atoms with Gasteiger partial charge in [-0.05, 0) is 44.2 Å². The molecule has 0 unspecified atom stereocenters. The van der Waals surface area contributed by atoms with E-state index in [0.717, 1.165) is 0 Å². The fourth-order valence-corrected chi connectivity index (χ4v) is 2.48. The number of carbonyl (C=O) groups excluding carboxylic acids is 3. The number of nitrogen functional groups attached to an aromatic ring is 1. The third-order valence-corrected chi connectivity index (χ3v) is 3.95. The molecule has 0 spiro atoms. The van der Waals surface area contributed by atoms with Gasteiger partial charge in [0.25, 0.3) is 5.91 Å². The maximum atomic E-state index is 12.3.